The van der Waals surface area contributed by atoms with Gasteiger partial charge in [0.05, 0.1) is 11.9 Å². The van der Waals surface area contributed by atoms with Crippen LogP contribution in [0.4, 0.5) is 5.69 Å². The van der Waals surface area contributed by atoms with Crippen molar-refractivity contribution in [3.8, 4) is 0 Å². The van der Waals surface area contributed by atoms with Crippen molar-refractivity contribution in [1.29, 1.82) is 0 Å². The van der Waals surface area contributed by atoms with Gasteiger partial charge in [-0.25, -0.2) is 4.98 Å². The van der Waals surface area contributed by atoms with E-state index >= 15 is 0 Å². The van der Waals surface area contributed by atoms with Gasteiger partial charge in [-0.2, -0.15) is 0 Å². The molecule has 0 bridgehead atoms. The Bertz CT molecular complexity index is 372. The standard InChI is InChI=1S/C15H23ClN2/c1-15(2,3)11-4-6-12(7-5-11)18-13-8-9-14(16)17-10-13/h8-12,18H,4-7H2,1-3H3. The zero-order chi connectivity index (χ0) is 13.2. The van der Waals surface area contributed by atoms with E-state index in [9.17, 15) is 0 Å². The summed E-state index contributed by atoms with van der Waals surface area (Å²) in [5, 5.41) is 4.11. The number of aromatic nitrogens is 1. The Morgan fingerprint density at radius 2 is 1.83 bits per heavy atom. The molecule has 2 nitrogen and oxygen atoms in total. The zero-order valence-electron chi connectivity index (χ0n) is 11.5. The van der Waals surface area contributed by atoms with E-state index in [1.165, 1.54) is 25.7 Å². The first kappa shape index (κ1) is 13.7. The van der Waals surface area contributed by atoms with Gasteiger partial charge in [0.2, 0.25) is 0 Å². The molecule has 1 aliphatic rings. The lowest BCUT2D eigenvalue weighted by Crippen LogP contribution is -2.31. The third-order valence-electron chi connectivity index (χ3n) is 4.05. The summed E-state index contributed by atoms with van der Waals surface area (Å²) in [4.78, 5) is 4.10. The third kappa shape index (κ3) is 3.61. The molecule has 1 aromatic rings. The molecule has 3 heteroatoms. The van der Waals surface area contributed by atoms with Crippen molar-refractivity contribution in [1.82, 2.24) is 4.98 Å². The van der Waals surface area contributed by atoms with E-state index in [2.05, 4.69) is 31.1 Å². The van der Waals surface area contributed by atoms with Gasteiger partial charge in [-0.15, -0.1) is 0 Å². The first-order valence-electron chi connectivity index (χ1n) is 6.83. The summed E-state index contributed by atoms with van der Waals surface area (Å²) in [5.41, 5.74) is 1.53. The van der Waals surface area contributed by atoms with Gasteiger partial charge in [-0.3, -0.25) is 0 Å². The number of hydrogen-bond acceptors (Lipinski definition) is 2. The van der Waals surface area contributed by atoms with E-state index in [1.54, 1.807) is 0 Å². The number of halogens is 1. The average molecular weight is 267 g/mol. The molecule has 0 aliphatic heterocycles. The van der Waals surface area contributed by atoms with Crippen LogP contribution >= 0.6 is 11.6 Å². The third-order valence-corrected chi connectivity index (χ3v) is 4.27. The van der Waals surface area contributed by atoms with Crippen molar-refractivity contribution < 1.29 is 0 Å². The Hall–Kier alpha value is -0.760. The summed E-state index contributed by atoms with van der Waals surface area (Å²) >= 11 is 5.78. The van der Waals surface area contributed by atoms with E-state index in [0.717, 1.165) is 11.6 Å². The van der Waals surface area contributed by atoms with Gasteiger partial charge in [0.1, 0.15) is 5.15 Å². The highest BCUT2D eigenvalue weighted by atomic mass is 35.5. The van der Waals surface area contributed by atoms with Crippen molar-refractivity contribution >= 4 is 17.3 Å². The molecule has 2 rings (SSSR count). The van der Waals surface area contributed by atoms with Gasteiger partial charge in [0, 0.05) is 6.04 Å². The topological polar surface area (TPSA) is 24.9 Å². The minimum atomic E-state index is 0.451. The van der Waals surface area contributed by atoms with Crippen LogP contribution in [0.3, 0.4) is 0 Å². The van der Waals surface area contributed by atoms with Crippen LogP contribution in [0.2, 0.25) is 5.15 Å². The number of pyridine rings is 1. The second-order valence-electron chi connectivity index (χ2n) is 6.43. The van der Waals surface area contributed by atoms with Crippen molar-refractivity contribution in [2.75, 3.05) is 5.32 Å². The van der Waals surface area contributed by atoms with Gasteiger partial charge in [0.25, 0.3) is 0 Å². The van der Waals surface area contributed by atoms with Crippen LogP contribution in [-0.4, -0.2) is 11.0 Å². The summed E-state index contributed by atoms with van der Waals surface area (Å²) in [5.74, 6) is 0.860. The number of nitrogens with zero attached hydrogens (tertiary/aromatic N) is 1. The fraction of sp³-hybridized carbons (Fsp3) is 0.667. The molecule has 1 fully saturated rings. The fourth-order valence-electron chi connectivity index (χ4n) is 2.80. The molecular weight excluding hydrogens is 244 g/mol. The molecule has 0 saturated heterocycles. The number of anilines is 1. The lowest BCUT2D eigenvalue weighted by Gasteiger charge is -2.37. The molecule has 1 saturated carbocycles. The van der Waals surface area contributed by atoms with Crippen molar-refractivity contribution in [2.45, 2.75) is 52.5 Å². The molecule has 1 aromatic heterocycles. The molecule has 1 heterocycles. The number of hydrogen-bond donors (Lipinski definition) is 1. The van der Waals surface area contributed by atoms with E-state index in [1.807, 2.05) is 18.3 Å². The summed E-state index contributed by atoms with van der Waals surface area (Å²) in [6.45, 7) is 7.07. The van der Waals surface area contributed by atoms with E-state index in [-0.39, 0.29) is 0 Å². The molecule has 100 valence electrons. The number of nitrogens with one attached hydrogen (secondary N) is 1. The minimum absolute atomic E-state index is 0.451. The van der Waals surface area contributed by atoms with Crippen molar-refractivity contribution in [2.24, 2.45) is 11.3 Å². The first-order chi connectivity index (χ1) is 8.45. The second kappa shape index (κ2) is 5.48. The fourth-order valence-corrected chi connectivity index (χ4v) is 2.91. The van der Waals surface area contributed by atoms with Crippen LogP contribution in [0.25, 0.3) is 0 Å². The summed E-state index contributed by atoms with van der Waals surface area (Å²) in [6, 6.07) is 4.43. The maximum atomic E-state index is 5.78. The molecule has 18 heavy (non-hydrogen) atoms. The lowest BCUT2D eigenvalue weighted by atomic mass is 9.71. The molecule has 0 aromatic carbocycles. The Balaban J connectivity index is 1.85. The Labute approximate surface area is 115 Å². The highest BCUT2D eigenvalue weighted by Gasteiger charge is 2.29. The summed E-state index contributed by atoms with van der Waals surface area (Å²) in [6.07, 6.45) is 6.97. The Morgan fingerprint density at radius 1 is 1.17 bits per heavy atom. The molecule has 0 atom stereocenters. The highest BCUT2D eigenvalue weighted by Crippen LogP contribution is 2.38. The normalized spacial score (nSPS) is 24.9. The summed E-state index contributed by atoms with van der Waals surface area (Å²) in [7, 11) is 0. The molecule has 0 spiro atoms. The molecule has 0 radical (unpaired) electrons. The predicted molar refractivity (Wildman–Crippen MR) is 78.1 cm³/mol. The molecule has 1 N–H and O–H groups in total. The van der Waals surface area contributed by atoms with Crippen LogP contribution in [0.5, 0.6) is 0 Å². The van der Waals surface area contributed by atoms with Gasteiger partial charge < -0.3 is 5.32 Å². The molecule has 0 unspecified atom stereocenters. The van der Waals surface area contributed by atoms with Gasteiger partial charge in [-0.05, 0) is 49.1 Å². The Kier molecular flexibility index (Phi) is 4.16. The van der Waals surface area contributed by atoms with Gasteiger partial charge in [-0.1, -0.05) is 32.4 Å². The van der Waals surface area contributed by atoms with Crippen molar-refractivity contribution in [3.05, 3.63) is 23.5 Å². The van der Waals surface area contributed by atoms with E-state index in [4.69, 9.17) is 11.6 Å². The van der Waals surface area contributed by atoms with Gasteiger partial charge in [0.15, 0.2) is 0 Å². The SMILES string of the molecule is CC(C)(C)C1CCC(Nc2ccc(Cl)nc2)CC1. The monoisotopic (exact) mass is 266 g/mol. The number of rotatable bonds is 2. The van der Waals surface area contributed by atoms with Crippen LogP contribution in [-0.2, 0) is 0 Å². The van der Waals surface area contributed by atoms with E-state index < -0.39 is 0 Å². The quantitative estimate of drug-likeness (QED) is 0.782. The first-order valence-corrected chi connectivity index (χ1v) is 7.21. The van der Waals surface area contributed by atoms with Gasteiger partial charge >= 0.3 is 0 Å². The predicted octanol–water partition coefficient (Wildman–Crippen LogP) is 4.75. The van der Waals surface area contributed by atoms with E-state index in [0.29, 0.717) is 16.6 Å². The second-order valence-corrected chi connectivity index (χ2v) is 6.82. The summed E-state index contributed by atoms with van der Waals surface area (Å²) < 4.78 is 0. The Morgan fingerprint density at radius 3 is 2.33 bits per heavy atom. The van der Waals surface area contributed by atoms with Crippen LogP contribution < -0.4 is 5.32 Å². The maximum Gasteiger partial charge on any atom is 0.129 e. The van der Waals surface area contributed by atoms with Crippen molar-refractivity contribution in [3.63, 3.8) is 0 Å². The molecular formula is C15H23ClN2. The molecule has 1 aliphatic carbocycles. The van der Waals surface area contributed by atoms with Crippen LogP contribution in [0.1, 0.15) is 46.5 Å². The average Bonchev–Trinajstić information content (AvgIpc) is 2.32. The highest BCUT2D eigenvalue weighted by molar-refractivity contribution is 6.29. The van der Waals surface area contributed by atoms with Crippen LogP contribution in [0, 0.1) is 11.3 Å². The zero-order valence-corrected chi connectivity index (χ0v) is 12.3. The lowest BCUT2D eigenvalue weighted by molar-refractivity contribution is 0.173. The van der Waals surface area contributed by atoms with Crippen LogP contribution in [0.15, 0.2) is 18.3 Å². The largest absolute Gasteiger partial charge is 0.381 e. The molecule has 0 amide bonds. The smallest absolute Gasteiger partial charge is 0.129 e. The minimum Gasteiger partial charge on any atom is -0.381 e. The maximum absolute atomic E-state index is 5.78.